The molecule has 0 saturated heterocycles. The molecule has 0 radical (unpaired) electrons. The summed E-state index contributed by atoms with van der Waals surface area (Å²) in [4.78, 5) is 29.6. The summed E-state index contributed by atoms with van der Waals surface area (Å²) in [6.07, 6.45) is -1.02. The molecule has 0 fully saturated rings. The number of amides is 1. The maximum Gasteiger partial charge on any atom is 0.338 e. The second-order valence-corrected chi connectivity index (χ2v) is 7.61. The zero-order chi connectivity index (χ0) is 22.0. The monoisotopic (exact) mass is 441 g/mol. The molecule has 4 aromatic rings. The van der Waals surface area contributed by atoms with Crippen LogP contribution >= 0.6 is 11.3 Å². The van der Waals surface area contributed by atoms with E-state index in [4.69, 9.17) is 4.74 Å². The first-order chi connectivity index (χ1) is 14.9. The molecule has 0 saturated carbocycles. The Morgan fingerprint density at radius 2 is 1.90 bits per heavy atom. The number of halogens is 2. The lowest BCUT2D eigenvalue weighted by atomic mass is 10.2. The van der Waals surface area contributed by atoms with Crippen LogP contribution in [0.3, 0.4) is 0 Å². The minimum atomic E-state index is -2.83. The second-order valence-electron chi connectivity index (χ2n) is 6.67. The van der Waals surface area contributed by atoms with Crippen LogP contribution < -0.4 is 5.32 Å². The normalized spacial score (nSPS) is 12.1. The number of nitrogens with zero attached hydrogens (tertiary/aromatic N) is 2. The number of benzene rings is 2. The maximum atomic E-state index is 13.6. The SMILES string of the molecule is CC(OC(=O)c1cccc(NC(=O)c2cccs2)c1)c1nc2ccccc2n1C(F)F. The van der Waals surface area contributed by atoms with Gasteiger partial charge in [0.25, 0.3) is 5.91 Å². The van der Waals surface area contributed by atoms with E-state index in [0.717, 1.165) is 4.57 Å². The van der Waals surface area contributed by atoms with Crippen molar-refractivity contribution < 1.29 is 23.1 Å². The molecule has 1 amide bonds. The fraction of sp³-hybridized carbons (Fsp3) is 0.136. The van der Waals surface area contributed by atoms with Gasteiger partial charge in [0.05, 0.1) is 21.5 Å². The van der Waals surface area contributed by atoms with Gasteiger partial charge in [0.2, 0.25) is 0 Å². The first-order valence-electron chi connectivity index (χ1n) is 9.35. The third-order valence-electron chi connectivity index (χ3n) is 4.57. The van der Waals surface area contributed by atoms with Crippen LogP contribution in [0.5, 0.6) is 0 Å². The Hall–Kier alpha value is -3.59. The minimum absolute atomic E-state index is 0.0493. The Bertz CT molecular complexity index is 1240. The van der Waals surface area contributed by atoms with Gasteiger partial charge in [-0.25, -0.2) is 9.78 Å². The number of aromatic nitrogens is 2. The smallest absolute Gasteiger partial charge is 0.338 e. The summed E-state index contributed by atoms with van der Waals surface area (Å²) in [7, 11) is 0. The van der Waals surface area contributed by atoms with Gasteiger partial charge in [0, 0.05) is 5.69 Å². The van der Waals surface area contributed by atoms with Crippen LogP contribution in [0.1, 0.15) is 45.4 Å². The summed E-state index contributed by atoms with van der Waals surface area (Å²) in [5, 5.41) is 4.50. The molecule has 0 aliphatic heterocycles. The van der Waals surface area contributed by atoms with E-state index in [9.17, 15) is 18.4 Å². The highest BCUT2D eigenvalue weighted by Crippen LogP contribution is 2.28. The Morgan fingerprint density at radius 1 is 1.10 bits per heavy atom. The number of ether oxygens (including phenoxy) is 1. The summed E-state index contributed by atoms with van der Waals surface area (Å²) in [6, 6.07) is 16.2. The van der Waals surface area contributed by atoms with Crippen LogP contribution in [0, 0.1) is 0 Å². The number of nitrogens with one attached hydrogen (secondary N) is 1. The van der Waals surface area contributed by atoms with Crippen molar-refractivity contribution in [2.75, 3.05) is 5.32 Å². The first kappa shape index (κ1) is 20.7. The van der Waals surface area contributed by atoms with Crippen molar-refractivity contribution in [2.45, 2.75) is 19.6 Å². The van der Waals surface area contributed by atoms with E-state index >= 15 is 0 Å². The highest BCUT2D eigenvalue weighted by molar-refractivity contribution is 7.12. The van der Waals surface area contributed by atoms with Crippen LogP contribution in [0.4, 0.5) is 14.5 Å². The Labute approximate surface area is 180 Å². The van der Waals surface area contributed by atoms with Crippen LogP contribution in [0.25, 0.3) is 11.0 Å². The standard InChI is InChI=1S/C22H17F2N3O3S/c1-13(19-26-16-8-2-3-9-17(16)27(19)22(23)24)30-21(29)14-6-4-7-15(12-14)25-20(28)18-10-5-11-31-18/h2-13,22H,1H3,(H,25,28). The zero-order valence-electron chi connectivity index (χ0n) is 16.3. The van der Waals surface area contributed by atoms with E-state index in [1.807, 2.05) is 0 Å². The van der Waals surface area contributed by atoms with Gasteiger partial charge >= 0.3 is 12.5 Å². The highest BCUT2D eigenvalue weighted by Gasteiger charge is 2.24. The van der Waals surface area contributed by atoms with E-state index in [2.05, 4.69) is 10.3 Å². The van der Waals surface area contributed by atoms with Crippen molar-refractivity contribution in [3.05, 3.63) is 82.3 Å². The van der Waals surface area contributed by atoms with Crippen molar-refractivity contribution in [1.82, 2.24) is 9.55 Å². The molecule has 4 rings (SSSR count). The fourth-order valence-corrected chi connectivity index (χ4v) is 3.78. The lowest BCUT2D eigenvalue weighted by molar-refractivity contribution is 0.0233. The summed E-state index contributed by atoms with van der Waals surface area (Å²) in [5.41, 5.74) is 1.24. The first-order valence-corrected chi connectivity index (χ1v) is 10.2. The number of thiophene rings is 1. The van der Waals surface area contributed by atoms with Gasteiger partial charge in [-0.15, -0.1) is 11.3 Å². The Kier molecular flexibility index (Phi) is 5.77. The van der Waals surface area contributed by atoms with Gasteiger partial charge in [-0.3, -0.25) is 9.36 Å². The lowest BCUT2D eigenvalue weighted by Gasteiger charge is -2.15. The van der Waals surface area contributed by atoms with Crippen LogP contribution in [-0.4, -0.2) is 21.4 Å². The molecule has 1 N–H and O–H groups in total. The number of para-hydroxylation sites is 2. The predicted molar refractivity (Wildman–Crippen MR) is 114 cm³/mol. The van der Waals surface area contributed by atoms with Crippen molar-refractivity contribution in [2.24, 2.45) is 0 Å². The molecular weight excluding hydrogens is 424 g/mol. The molecule has 0 spiro atoms. The van der Waals surface area contributed by atoms with Crippen LogP contribution in [0.2, 0.25) is 0 Å². The summed E-state index contributed by atoms with van der Waals surface area (Å²) >= 11 is 1.30. The van der Waals surface area contributed by atoms with Crippen LogP contribution in [0.15, 0.2) is 66.0 Å². The van der Waals surface area contributed by atoms with Gasteiger partial charge in [-0.05, 0) is 48.7 Å². The van der Waals surface area contributed by atoms with Gasteiger partial charge in [-0.1, -0.05) is 24.3 Å². The molecule has 0 aliphatic rings. The predicted octanol–water partition coefficient (Wildman–Crippen LogP) is 5.66. The van der Waals surface area contributed by atoms with Gasteiger partial charge in [0.1, 0.15) is 0 Å². The van der Waals surface area contributed by atoms with E-state index in [0.29, 0.717) is 16.1 Å². The quantitative estimate of drug-likeness (QED) is 0.392. The van der Waals surface area contributed by atoms with Crippen molar-refractivity contribution in [3.8, 4) is 0 Å². The molecule has 2 aromatic heterocycles. The number of anilines is 1. The fourth-order valence-electron chi connectivity index (χ4n) is 3.16. The lowest BCUT2D eigenvalue weighted by Crippen LogP contribution is -2.15. The van der Waals surface area contributed by atoms with E-state index in [-0.39, 0.29) is 22.8 Å². The molecule has 2 heterocycles. The largest absolute Gasteiger partial charge is 0.451 e. The average molecular weight is 441 g/mol. The molecular formula is C22H17F2N3O3S. The van der Waals surface area contributed by atoms with Crippen molar-refractivity contribution in [1.29, 1.82) is 0 Å². The molecule has 9 heteroatoms. The highest BCUT2D eigenvalue weighted by atomic mass is 32.1. The maximum absolute atomic E-state index is 13.6. The van der Waals surface area contributed by atoms with E-state index < -0.39 is 18.6 Å². The van der Waals surface area contributed by atoms with Crippen molar-refractivity contribution in [3.63, 3.8) is 0 Å². The average Bonchev–Trinajstić information content (AvgIpc) is 3.42. The number of hydrogen-bond acceptors (Lipinski definition) is 5. The second kappa shape index (κ2) is 8.65. The van der Waals surface area contributed by atoms with E-state index in [1.54, 1.807) is 47.8 Å². The Morgan fingerprint density at radius 3 is 2.65 bits per heavy atom. The molecule has 6 nitrogen and oxygen atoms in total. The summed E-state index contributed by atoms with van der Waals surface area (Å²) in [6.45, 7) is -1.35. The third kappa shape index (κ3) is 4.31. The molecule has 1 unspecified atom stereocenters. The Balaban J connectivity index is 1.53. The van der Waals surface area contributed by atoms with Crippen LogP contribution in [-0.2, 0) is 4.74 Å². The number of hydrogen-bond donors (Lipinski definition) is 1. The number of alkyl halides is 2. The minimum Gasteiger partial charge on any atom is -0.451 e. The van der Waals surface area contributed by atoms with E-state index in [1.165, 1.54) is 36.5 Å². The van der Waals surface area contributed by atoms with Crippen molar-refractivity contribution >= 4 is 39.9 Å². The molecule has 31 heavy (non-hydrogen) atoms. The molecule has 1 atom stereocenters. The topological polar surface area (TPSA) is 73.2 Å². The number of fused-ring (bicyclic) bond motifs is 1. The summed E-state index contributed by atoms with van der Waals surface area (Å²) in [5.74, 6) is -1.06. The third-order valence-corrected chi connectivity index (χ3v) is 5.44. The van der Waals surface area contributed by atoms with Gasteiger partial charge in [-0.2, -0.15) is 8.78 Å². The molecule has 158 valence electrons. The molecule has 0 aliphatic carbocycles. The number of carbonyl (C=O) groups excluding carboxylic acids is 2. The zero-order valence-corrected chi connectivity index (χ0v) is 17.1. The number of esters is 1. The molecule has 2 aromatic carbocycles. The number of imidazole rings is 1. The number of rotatable bonds is 6. The van der Waals surface area contributed by atoms with Gasteiger partial charge in [0.15, 0.2) is 11.9 Å². The number of carbonyl (C=O) groups is 2. The summed E-state index contributed by atoms with van der Waals surface area (Å²) < 4.78 is 33.5. The van der Waals surface area contributed by atoms with Gasteiger partial charge < -0.3 is 10.1 Å². The molecule has 0 bridgehead atoms.